The molecule has 0 radical (unpaired) electrons. The molecular weight excluding hydrogens is 316 g/mol. The highest BCUT2D eigenvalue weighted by atomic mass is 16.3. The summed E-state index contributed by atoms with van der Waals surface area (Å²) in [4.78, 5) is 26.8. The van der Waals surface area contributed by atoms with Crippen LogP contribution < -0.4 is 5.32 Å². The minimum absolute atomic E-state index is 0.0266. The monoisotopic (exact) mass is 338 g/mol. The highest BCUT2D eigenvalue weighted by Gasteiger charge is 2.20. The lowest BCUT2D eigenvalue weighted by Gasteiger charge is -2.27. The van der Waals surface area contributed by atoms with E-state index in [2.05, 4.69) is 5.32 Å². The van der Waals surface area contributed by atoms with Crippen LogP contribution >= 0.6 is 0 Å². The van der Waals surface area contributed by atoms with Gasteiger partial charge in [-0.05, 0) is 56.5 Å². The number of hydrogen-bond donors (Lipinski definition) is 1. The molecule has 0 aliphatic carbocycles. The van der Waals surface area contributed by atoms with E-state index in [0.29, 0.717) is 17.0 Å². The summed E-state index contributed by atoms with van der Waals surface area (Å²) in [5.74, 6) is 1.08. The number of benzene rings is 1. The quantitative estimate of drug-likeness (QED) is 0.861. The summed E-state index contributed by atoms with van der Waals surface area (Å²) >= 11 is 0. The van der Waals surface area contributed by atoms with E-state index < -0.39 is 0 Å². The molecule has 0 bridgehead atoms. The second kappa shape index (κ2) is 7.83. The zero-order chi connectivity index (χ0) is 17.6. The van der Waals surface area contributed by atoms with E-state index in [1.807, 2.05) is 30.0 Å². The Morgan fingerprint density at radius 2 is 1.84 bits per heavy atom. The Kier molecular flexibility index (Phi) is 5.33. The highest BCUT2D eigenvalue weighted by Crippen LogP contribution is 2.20. The summed E-state index contributed by atoms with van der Waals surface area (Å²) in [6.07, 6.45) is 6.24. The van der Waals surface area contributed by atoms with Gasteiger partial charge in [0.2, 0.25) is 5.91 Å². The average molecular weight is 338 g/mol. The standard InChI is InChI=1S/C20H22N2O3/c1-15-9-10-16(25-15)11-12-19(23)21-18-8-4-3-7-17(18)20(24)22-13-5-2-6-14-22/h3-4,7-12H,2,5-6,13-14H2,1H3,(H,21,23)/b12-11+. The van der Waals surface area contributed by atoms with Crippen molar-refractivity contribution in [2.24, 2.45) is 0 Å². The topological polar surface area (TPSA) is 62.6 Å². The smallest absolute Gasteiger partial charge is 0.255 e. The molecule has 1 N–H and O–H groups in total. The molecule has 25 heavy (non-hydrogen) atoms. The minimum atomic E-state index is -0.298. The fourth-order valence-corrected chi connectivity index (χ4v) is 2.92. The number of aryl methyl sites for hydroxylation is 1. The summed E-state index contributed by atoms with van der Waals surface area (Å²) in [6.45, 7) is 3.40. The van der Waals surface area contributed by atoms with Crippen LogP contribution in [0.25, 0.3) is 6.08 Å². The Morgan fingerprint density at radius 1 is 1.08 bits per heavy atom. The summed E-state index contributed by atoms with van der Waals surface area (Å²) < 4.78 is 5.40. The van der Waals surface area contributed by atoms with Gasteiger partial charge in [0.15, 0.2) is 0 Å². The van der Waals surface area contributed by atoms with Crippen molar-refractivity contribution < 1.29 is 14.0 Å². The third-order valence-corrected chi connectivity index (χ3v) is 4.22. The van der Waals surface area contributed by atoms with Gasteiger partial charge in [0, 0.05) is 19.2 Å². The zero-order valence-electron chi connectivity index (χ0n) is 14.3. The SMILES string of the molecule is Cc1ccc(/C=C/C(=O)Nc2ccccc2C(=O)N2CCCCC2)o1. The van der Waals surface area contributed by atoms with Crippen LogP contribution in [-0.2, 0) is 4.79 Å². The number of carbonyl (C=O) groups excluding carboxylic acids is 2. The van der Waals surface area contributed by atoms with Gasteiger partial charge in [-0.2, -0.15) is 0 Å². The number of anilines is 1. The van der Waals surface area contributed by atoms with Gasteiger partial charge in [-0.1, -0.05) is 12.1 Å². The predicted molar refractivity (Wildman–Crippen MR) is 97.3 cm³/mol. The molecule has 0 saturated carbocycles. The highest BCUT2D eigenvalue weighted by molar-refractivity contribution is 6.07. The molecule has 1 aromatic heterocycles. The molecule has 130 valence electrons. The molecule has 1 fully saturated rings. The van der Waals surface area contributed by atoms with Crippen LogP contribution in [0.15, 0.2) is 46.9 Å². The fourth-order valence-electron chi connectivity index (χ4n) is 2.92. The third kappa shape index (κ3) is 4.38. The van der Waals surface area contributed by atoms with E-state index in [1.54, 1.807) is 24.3 Å². The lowest BCUT2D eigenvalue weighted by atomic mass is 10.1. The van der Waals surface area contributed by atoms with Crippen molar-refractivity contribution in [3.8, 4) is 0 Å². The van der Waals surface area contributed by atoms with Crippen LogP contribution in [0.4, 0.5) is 5.69 Å². The number of nitrogens with one attached hydrogen (secondary N) is 1. The summed E-state index contributed by atoms with van der Waals surface area (Å²) in [5, 5.41) is 2.79. The van der Waals surface area contributed by atoms with Crippen LogP contribution in [0.5, 0.6) is 0 Å². The molecular formula is C20H22N2O3. The molecule has 5 heteroatoms. The molecule has 0 unspecified atom stereocenters. The average Bonchev–Trinajstić information content (AvgIpc) is 3.06. The Balaban J connectivity index is 1.70. The Bertz CT molecular complexity index is 786. The second-order valence-corrected chi connectivity index (χ2v) is 6.17. The maximum atomic E-state index is 12.7. The van der Waals surface area contributed by atoms with E-state index in [1.165, 1.54) is 12.5 Å². The second-order valence-electron chi connectivity index (χ2n) is 6.17. The zero-order valence-corrected chi connectivity index (χ0v) is 14.3. The fraction of sp³-hybridized carbons (Fsp3) is 0.300. The van der Waals surface area contributed by atoms with Crippen molar-refractivity contribution in [3.05, 3.63) is 59.6 Å². The first-order valence-electron chi connectivity index (χ1n) is 8.57. The van der Waals surface area contributed by atoms with Gasteiger partial charge in [0.25, 0.3) is 5.91 Å². The van der Waals surface area contributed by atoms with E-state index in [9.17, 15) is 9.59 Å². The van der Waals surface area contributed by atoms with Crippen LogP contribution in [0, 0.1) is 6.92 Å². The van der Waals surface area contributed by atoms with Gasteiger partial charge in [-0.15, -0.1) is 0 Å². The molecule has 1 aliphatic rings. The van der Waals surface area contributed by atoms with E-state index in [4.69, 9.17) is 4.42 Å². The van der Waals surface area contributed by atoms with E-state index in [0.717, 1.165) is 31.7 Å². The van der Waals surface area contributed by atoms with Crippen LogP contribution in [0.3, 0.4) is 0 Å². The first-order chi connectivity index (χ1) is 12.1. The van der Waals surface area contributed by atoms with Crippen LogP contribution in [0.1, 0.15) is 41.1 Å². The predicted octanol–water partition coefficient (Wildman–Crippen LogP) is 3.87. The van der Waals surface area contributed by atoms with Gasteiger partial charge in [0.1, 0.15) is 11.5 Å². The van der Waals surface area contributed by atoms with Gasteiger partial charge < -0.3 is 14.6 Å². The third-order valence-electron chi connectivity index (χ3n) is 4.22. The van der Waals surface area contributed by atoms with E-state index in [-0.39, 0.29) is 11.8 Å². The molecule has 1 aliphatic heterocycles. The first kappa shape index (κ1) is 17.0. The number of nitrogens with zero attached hydrogens (tertiary/aromatic N) is 1. The summed E-state index contributed by atoms with van der Waals surface area (Å²) in [6, 6.07) is 10.8. The summed E-state index contributed by atoms with van der Waals surface area (Å²) in [5.41, 5.74) is 1.06. The van der Waals surface area contributed by atoms with E-state index >= 15 is 0 Å². The number of amides is 2. The van der Waals surface area contributed by atoms with Crippen LogP contribution in [0.2, 0.25) is 0 Å². The van der Waals surface area contributed by atoms with Crippen molar-refractivity contribution in [2.75, 3.05) is 18.4 Å². The van der Waals surface area contributed by atoms with Crippen molar-refractivity contribution in [1.82, 2.24) is 4.90 Å². The molecule has 1 aromatic carbocycles. The number of carbonyl (C=O) groups is 2. The Hall–Kier alpha value is -2.82. The van der Waals surface area contributed by atoms with Gasteiger partial charge in [-0.25, -0.2) is 0 Å². The summed E-state index contributed by atoms with van der Waals surface area (Å²) in [7, 11) is 0. The normalized spacial score (nSPS) is 14.7. The minimum Gasteiger partial charge on any atom is -0.462 e. The van der Waals surface area contributed by atoms with Crippen molar-refractivity contribution in [2.45, 2.75) is 26.2 Å². The molecule has 5 nitrogen and oxygen atoms in total. The van der Waals surface area contributed by atoms with Crippen molar-refractivity contribution in [3.63, 3.8) is 0 Å². The number of rotatable bonds is 4. The molecule has 2 heterocycles. The van der Waals surface area contributed by atoms with Crippen molar-refractivity contribution in [1.29, 1.82) is 0 Å². The molecule has 3 rings (SSSR count). The Morgan fingerprint density at radius 3 is 2.56 bits per heavy atom. The number of likely N-dealkylation sites (tertiary alicyclic amines) is 1. The number of hydrogen-bond acceptors (Lipinski definition) is 3. The van der Waals surface area contributed by atoms with Gasteiger partial charge >= 0.3 is 0 Å². The number of piperidine rings is 1. The molecule has 0 spiro atoms. The molecule has 1 saturated heterocycles. The van der Waals surface area contributed by atoms with Crippen molar-refractivity contribution >= 4 is 23.6 Å². The lowest BCUT2D eigenvalue weighted by molar-refractivity contribution is -0.111. The first-order valence-corrected chi connectivity index (χ1v) is 8.57. The largest absolute Gasteiger partial charge is 0.462 e. The lowest BCUT2D eigenvalue weighted by Crippen LogP contribution is -2.36. The van der Waals surface area contributed by atoms with Crippen LogP contribution in [-0.4, -0.2) is 29.8 Å². The number of para-hydroxylation sites is 1. The maximum absolute atomic E-state index is 12.7. The molecule has 2 aromatic rings. The molecule has 0 atom stereocenters. The maximum Gasteiger partial charge on any atom is 0.255 e. The molecule has 2 amide bonds. The Labute approximate surface area is 147 Å². The number of furan rings is 1. The van der Waals surface area contributed by atoms with Gasteiger partial charge in [0.05, 0.1) is 11.3 Å². The van der Waals surface area contributed by atoms with Gasteiger partial charge in [-0.3, -0.25) is 9.59 Å².